The van der Waals surface area contributed by atoms with Crippen LogP contribution >= 0.6 is 11.6 Å². The van der Waals surface area contributed by atoms with E-state index in [2.05, 4.69) is 15.3 Å². The van der Waals surface area contributed by atoms with Gasteiger partial charge >= 0.3 is 6.18 Å². The summed E-state index contributed by atoms with van der Waals surface area (Å²) in [5.41, 5.74) is -0.863. The lowest BCUT2D eigenvalue weighted by Crippen LogP contribution is -2.29. The molecule has 0 unspecified atom stereocenters. The molecule has 0 aliphatic heterocycles. The minimum absolute atomic E-state index is 0.147. The Kier molecular flexibility index (Phi) is 7.11. The van der Waals surface area contributed by atoms with Gasteiger partial charge in [-0.15, -0.1) is 0 Å². The van der Waals surface area contributed by atoms with Crippen molar-refractivity contribution in [2.75, 3.05) is 18.5 Å². The maximum Gasteiger partial charge on any atom is 0.433 e. The number of carbonyl (C=O) groups excluding carboxylic acids is 2. The van der Waals surface area contributed by atoms with Crippen molar-refractivity contribution < 1.29 is 22.8 Å². The molecule has 6 nitrogen and oxygen atoms in total. The molecule has 10 heteroatoms. The minimum atomic E-state index is -4.71. The van der Waals surface area contributed by atoms with Crippen LogP contribution in [0.2, 0.25) is 5.02 Å². The molecule has 0 aliphatic rings. The number of nitrogens with zero attached hydrogens (tertiary/aromatic N) is 3. The van der Waals surface area contributed by atoms with Crippen molar-refractivity contribution in [3.63, 3.8) is 0 Å². The number of amidine groups is 1. The van der Waals surface area contributed by atoms with Crippen LogP contribution < -0.4 is 10.2 Å². The summed E-state index contributed by atoms with van der Waals surface area (Å²) in [6.45, 7) is 0.212. The number of pyridine rings is 1. The first-order valence-corrected chi connectivity index (χ1v) is 8.43. The zero-order valence-electron chi connectivity index (χ0n) is 14.7. The van der Waals surface area contributed by atoms with Crippen LogP contribution in [0.25, 0.3) is 0 Å². The summed E-state index contributed by atoms with van der Waals surface area (Å²) >= 11 is 6.11. The van der Waals surface area contributed by atoms with Crippen molar-refractivity contribution in [1.29, 1.82) is 0 Å². The number of para-hydroxylation sites is 1. The standard InChI is InChI=1S/C18H16ClF3N4O2/c1-23-16(24-9-4-10-27)12-7-8-15(18(20,21)22)25-17(12)26(11-28)14-6-3-2-5-13(14)19/h2-3,5-8,10-11H,4,9H2,1H3,(H,23,24). The Morgan fingerprint density at radius 3 is 2.54 bits per heavy atom. The molecule has 1 N–H and O–H groups in total. The molecule has 28 heavy (non-hydrogen) atoms. The van der Waals surface area contributed by atoms with Gasteiger partial charge in [0, 0.05) is 20.0 Å². The molecule has 1 aromatic heterocycles. The van der Waals surface area contributed by atoms with E-state index >= 15 is 0 Å². The number of rotatable bonds is 7. The molecule has 2 aromatic rings. The van der Waals surface area contributed by atoms with E-state index in [-0.39, 0.29) is 40.9 Å². The maximum absolute atomic E-state index is 13.2. The first kappa shape index (κ1) is 21.4. The zero-order valence-corrected chi connectivity index (χ0v) is 15.5. The molecule has 0 atom stereocenters. The number of nitrogens with one attached hydrogen (secondary N) is 1. The smallest absolute Gasteiger partial charge is 0.369 e. The number of anilines is 2. The molecule has 0 spiro atoms. The van der Waals surface area contributed by atoms with E-state index in [0.29, 0.717) is 12.7 Å². The minimum Gasteiger partial charge on any atom is -0.369 e. The number of hydrogen-bond acceptors (Lipinski definition) is 4. The molecule has 0 fully saturated rings. The normalized spacial score (nSPS) is 11.8. The molecule has 1 heterocycles. The van der Waals surface area contributed by atoms with Gasteiger partial charge in [0.15, 0.2) is 5.82 Å². The van der Waals surface area contributed by atoms with E-state index in [1.807, 2.05) is 0 Å². The Morgan fingerprint density at radius 2 is 1.96 bits per heavy atom. The zero-order chi connectivity index (χ0) is 20.7. The lowest BCUT2D eigenvalue weighted by atomic mass is 10.1. The number of amides is 1. The van der Waals surface area contributed by atoms with Gasteiger partial charge in [-0.05, 0) is 24.3 Å². The van der Waals surface area contributed by atoms with Gasteiger partial charge in [0.05, 0.1) is 16.3 Å². The van der Waals surface area contributed by atoms with E-state index in [4.69, 9.17) is 11.6 Å². The second-order valence-corrected chi connectivity index (χ2v) is 5.85. The van der Waals surface area contributed by atoms with Crippen LogP contribution in [-0.4, -0.2) is 37.1 Å². The third kappa shape index (κ3) is 4.86. The highest BCUT2D eigenvalue weighted by Crippen LogP contribution is 2.35. The van der Waals surface area contributed by atoms with Crippen LogP contribution in [0.1, 0.15) is 17.7 Å². The average molecular weight is 413 g/mol. The Hall–Kier alpha value is -2.94. The summed E-state index contributed by atoms with van der Waals surface area (Å²) in [6.07, 6.45) is -3.53. The molecule has 0 saturated carbocycles. The second kappa shape index (κ2) is 9.32. The van der Waals surface area contributed by atoms with Gasteiger partial charge in [0.2, 0.25) is 6.41 Å². The topological polar surface area (TPSA) is 74.7 Å². The van der Waals surface area contributed by atoms with E-state index in [1.54, 1.807) is 12.1 Å². The van der Waals surface area contributed by atoms with Crippen LogP contribution in [0.15, 0.2) is 41.4 Å². The van der Waals surface area contributed by atoms with Crippen LogP contribution in [-0.2, 0) is 15.8 Å². The van der Waals surface area contributed by atoms with E-state index in [1.165, 1.54) is 19.2 Å². The number of alkyl halides is 3. The molecule has 0 radical (unpaired) electrons. The fourth-order valence-corrected chi connectivity index (χ4v) is 2.61. The maximum atomic E-state index is 13.2. The van der Waals surface area contributed by atoms with Gasteiger partial charge in [-0.2, -0.15) is 13.2 Å². The van der Waals surface area contributed by atoms with Crippen molar-refractivity contribution in [1.82, 2.24) is 10.3 Å². The molecular formula is C18H16ClF3N4O2. The lowest BCUT2D eigenvalue weighted by molar-refractivity contribution is -0.141. The predicted octanol–water partition coefficient (Wildman–Crippen LogP) is 3.60. The SMILES string of the molecule is C/N=C(/NCCC=O)c1ccc(C(F)(F)F)nc1N(C=O)c1ccccc1Cl. The number of hydrogen-bond donors (Lipinski definition) is 1. The van der Waals surface area contributed by atoms with E-state index in [9.17, 15) is 22.8 Å². The molecule has 1 aromatic carbocycles. The largest absolute Gasteiger partial charge is 0.433 e. The second-order valence-electron chi connectivity index (χ2n) is 5.45. The van der Waals surface area contributed by atoms with Gasteiger partial charge in [-0.3, -0.25) is 14.7 Å². The Morgan fingerprint density at radius 1 is 1.25 bits per heavy atom. The van der Waals surface area contributed by atoms with Gasteiger partial charge < -0.3 is 10.1 Å². The summed E-state index contributed by atoms with van der Waals surface area (Å²) in [5.74, 6) is -0.117. The number of aliphatic imine (C=N–C) groups is 1. The average Bonchev–Trinajstić information content (AvgIpc) is 2.67. The van der Waals surface area contributed by atoms with Crippen molar-refractivity contribution in [3.05, 3.63) is 52.7 Å². The highest BCUT2D eigenvalue weighted by molar-refractivity contribution is 6.33. The summed E-state index contributed by atoms with van der Waals surface area (Å²) in [5, 5.41) is 3.01. The van der Waals surface area contributed by atoms with Crippen LogP contribution in [0.3, 0.4) is 0 Å². The van der Waals surface area contributed by atoms with Gasteiger partial charge in [-0.25, -0.2) is 4.98 Å². The molecular weight excluding hydrogens is 397 g/mol. The summed E-state index contributed by atoms with van der Waals surface area (Å²) < 4.78 is 39.6. The van der Waals surface area contributed by atoms with Crippen LogP contribution in [0.4, 0.5) is 24.7 Å². The molecule has 148 valence electrons. The highest BCUT2D eigenvalue weighted by atomic mass is 35.5. The summed E-state index contributed by atoms with van der Waals surface area (Å²) in [4.78, 5) is 30.9. The van der Waals surface area contributed by atoms with Crippen LogP contribution in [0.5, 0.6) is 0 Å². The monoisotopic (exact) mass is 412 g/mol. The quantitative estimate of drug-likeness (QED) is 0.326. The Labute approximate surface area is 164 Å². The summed E-state index contributed by atoms with van der Waals surface area (Å²) in [6, 6.07) is 8.13. The van der Waals surface area contributed by atoms with Crippen molar-refractivity contribution in [2.24, 2.45) is 4.99 Å². The predicted molar refractivity (Wildman–Crippen MR) is 100 cm³/mol. The molecule has 2 rings (SSSR count). The first-order valence-electron chi connectivity index (χ1n) is 8.05. The third-order valence-corrected chi connectivity index (χ3v) is 3.96. The summed E-state index contributed by atoms with van der Waals surface area (Å²) in [7, 11) is 1.42. The Balaban J connectivity index is 2.64. The number of aromatic nitrogens is 1. The molecule has 0 saturated heterocycles. The van der Waals surface area contributed by atoms with Crippen molar-refractivity contribution >= 4 is 41.6 Å². The highest BCUT2D eigenvalue weighted by Gasteiger charge is 2.34. The van der Waals surface area contributed by atoms with Gasteiger partial charge in [0.1, 0.15) is 17.8 Å². The van der Waals surface area contributed by atoms with Gasteiger partial charge in [0.25, 0.3) is 0 Å². The number of carbonyl (C=O) groups is 2. The van der Waals surface area contributed by atoms with Crippen molar-refractivity contribution in [2.45, 2.75) is 12.6 Å². The van der Waals surface area contributed by atoms with Gasteiger partial charge in [-0.1, -0.05) is 23.7 Å². The first-order chi connectivity index (χ1) is 13.3. The number of halogens is 4. The van der Waals surface area contributed by atoms with E-state index in [0.717, 1.165) is 17.0 Å². The van der Waals surface area contributed by atoms with E-state index < -0.39 is 11.9 Å². The lowest BCUT2D eigenvalue weighted by Gasteiger charge is -2.23. The molecule has 1 amide bonds. The molecule has 0 aliphatic carbocycles. The fourth-order valence-electron chi connectivity index (χ4n) is 2.39. The Bertz CT molecular complexity index is 887. The third-order valence-electron chi connectivity index (χ3n) is 3.64. The van der Waals surface area contributed by atoms with Crippen molar-refractivity contribution in [3.8, 4) is 0 Å². The van der Waals surface area contributed by atoms with Crippen LogP contribution in [0, 0.1) is 0 Å². The number of benzene rings is 1. The fraction of sp³-hybridized carbons (Fsp3) is 0.222. The number of aldehydes is 1. The molecule has 0 bridgehead atoms.